The predicted molar refractivity (Wildman–Crippen MR) is 95.7 cm³/mol. The SMILES string of the molecule is N#CC=Cc1ccc2c(c1)-c1[nH]c3ccc(C(F)(F)F)cc3c1CC(=O)N2. The first-order chi connectivity index (χ1) is 12.9. The zero-order valence-electron chi connectivity index (χ0n) is 13.8. The number of carbonyl (C=O) groups excluding carboxylic acids is 1. The van der Waals surface area contributed by atoms with Crippen molar-refractivity contribution in [1.29, 1.82) is 5.26 Å². The highest BCUT2D eigenvalue weighted by atomic mass is 19.4. The Morgan fingerprint density at radius 2 is 1.96 bits per heavy atom. The lowest BCUT2D eigenvalue weighted by Gasteiger charge is -2.08. The van der Waals surface area contributed by atoms with Gasteiger partial charge < -0.3 is 10.3 Å². The lowest BCUT2D eigenvalue weighted by atomic mass is 10.00. The fourth-order valence-corrected chi connectivity index (χ4v) is 3.31. The Balaban J connectivity index is 1.97. The number of hydrogen-bond acceptors (Lipinski definition) is 2. The number of benzene rings is 2. The molecule has 0 fully saturated rings. The van der Waals surface area contributed by atoms with E-state index in [1.54, 1.807) is 24.3 Å². The quantitative estimate of drug-likeness (QED) is 0.602. The van der Waals surface area contributed by atoms with Crippen LogP contribution in [0.15, 0.2) is 42.5 Å². The number of fused-ring (bicyclic) bond motifs is 5. The van der Waals surface area contributed by atoms with Gasteiger partial charge >= 0.3 is 6.18 Å². The van der Waals surface area contributed by atoms with E-state index in [1.807, 2.05) is 6.07 Å². The van der Waals surface area contributed by atoms with Crippen LogP contribution in [0.1, 0.15) is 16.7 Å². The highest BCUT2D eigenvalue weighted by Gasteiger charge is 2.32. The van der Waals surface area contributed by atoms with Gasteiger partial charge in [0.15, 0.2) is 0 Å². The number of nitriles is 1. The molecule has 1 aliphatic rings. The number of H-pyrrole nitrogens is 1. The average molecular weight is 367 g/mol. The van der Waals surface area contributed by atoms with Crippen LogP contribution in [0.3, 0.4) is 0 Å². The van der Waals surface area contributed by atoms with E-state index >= 15 is 0 Å². The zero-order chi connectivity index (χ0) is 19.2. The molecule has 2 aromatic carbocycles. The lowest BCUT2D eigenvalue weighted by molar-refractivity contribution is -0.137. The van der Waals surface area contributed by atoms with Gasteiger partial charge in [0.2, 0.25) is 5.91 Å². The number of anilines is 1. The second-order valence-electron chi connectivity index (χ2n) is 6.23. The number of aromatic nitrogens is 1. The summed E-state index contributed by atoms with van der Waals surface area (Å²) in [6, 6.07) is 10.6. The summed E-state index contributed by atoms with van der Waals surface area (Å²) in [6.45, 7) is 0. The van der Waals surface area contributed by atoms with Gasteiger partial charge in [-0.05, 0) is 47.5 Å². The van der Waals surface area contributed by atoms with Crippen molar-refractivity contribution in [2.45, 2.75) is 12.6 Å². The van der Waals surface area contributed by atoms with Gasteiger partial charge in [-0.3, -0.25) is 4.79 Å². The van der Waals surface area contributed by atoms with Crippen LogP contribution in [0.4, 0.5) is 18.9 Å². The van der Waals surface area contributed by atoms with Gasteiger partial charge in [-0.25, -0.2) is 0 Å². The number of halogens is 3. The number of nitrogens with one attached hydrogen (secondary N) is 2. The molecule has 0 spiro atoms. The fourth-order valence-electron chi connectivity index (χ4n) is 3.31. The summed E-state index contributed by atoms with van der Waals surface area (Å²) < 4.78 is 39.3. The minimum atomic E-state index is -4.46. The summed E-state index contributed by atoms with van der Waals surface area (Å²) in [7, 11) is 0. The van der Waals surface area contributed by atoms with Crippen molar-refractivity contribution < 1.29 is 18.0 Å². The molecule has 0 aliphatic carbocycles. The highest BCUT2D eigenvalue weighted by Crippen LogP contribution is 2.40. The standard InChI is InChI=1S/C20H12F3N3O/c21-20(22,23)12-4-6-16-13(9-12)14-10-18(27)25-17-5-3-11(2-1-7-24)8-15(17)19(14)26-16/h1-6,8-9,26H,10H2,(H,25,27). The van der Waals surface area contributed by atoms with Crippen LogP contribution in [0.25, 0.3) is 28.2 Å². The summed E-state index contributed by atoms with van der Waals surface area (Å²) in [6.07, 6.45) is -1.54. The summed E-state index contributed by atoms with van der Waals surface area (Å²) >= 11 is 0. The van der Waals surface area contributed by atoms with E-state index in [2.05, 4.69) is 10.3 Å². The highest BCUT2D eigenvalue weighted by molar-refractivity contribution is 6.05. The van der Waals surface area contributed by atoms with Gasteiger partial charge in [-0.15, -0.1) is 0 Å². The van der Waals surface area contributed by atoms with Crippen LogP contribution < -0.4 is 5.32 Å². The fraction of sp³-hybridized carbons (Fsp3) is 0.100. The first kappa shape index (κ1) is 16.9. The number of allylic oxidation sites excluding steroid dienone is 1. The first-order valence-corrected chi connectivity index (χ1v) is 8.09. The number of rotatable bonds is 1. The molecule has 7 heteroatoms. The molecule has 4 rings (SSSR count). The Morgan fingerprint density at radius 1 is 1.15 bits per heavy atom. The van der Waals surface area contributed by atoms with Gasteiger partial charge in [-0.1, -0.05) is 6.07 Å². The predicted octanol–water partition coefficient (Wildman–Crippen LogP) is 4.89. The van der Waals surface area contributed by atoms with E-state index in [9.17, 15) is 18.0 Å². The van der Waals surface area contributed by atoms with Crippen LogP contribution in [0, 0.1) is 11.3 Å². The number of carbonyl (C=O) groups is 1. The molecule has 27 heavy (non-hydrogen) atoms. The van der Waals surface area contributed by atoms with E-state index in [4.69, 9.17) is 5.26 Å². The van der Waals surface area contributed by atoms with Crippen molar-refractivity contribution in [2.24, 2.45) is 0 Å². The number of aromatic amines is 1. The Labute approximate surface area is 151 Å². The van der Waals surface area contributed by atoms with Gasteiger partial charge in [-0.2, -0.15) is 18.4 Å². The number of nitrogens with zero attached hydrogens (tertiary/aromatic N) is 1. The molecular weight excluding hydrogens is 355 g/mol. The van der Waals surface area contributed by atoms with E-state index < -0.39 is 11.7 Å². The molecule has 0 saturated carbocycles. The largest absolute Gasteiger partial charge is 0.416 e. The molecule has 2 N–H and O–H groups in total. The maximum atomic E-state index is 13.1. The molecule has 1 aromatic heterocycles. The minimum Gasteiger partial charge on any atom is -0.354 e. The van der Waals surface area contributed by atoms with E-state index in [0.29, 0.717) is 33.4 Å². The summed E-state index contributed by atoms with van der Waals surface area (Å²) in [5.74, 6) is -0.298. The second kappa shape index (κ2) is 6.02. The Kier molecular flexibility index (Phi) is 3.77. The van der Waals surface area contributed by atoms with E-state index in [-0.39, 0.29) is 12.3 Å². The normalized spacial score (nSPS) is 13.8. The van der Waals surface area contributed by atoms with Gasteiger partial charge in [0.25, 0.3) is 0 Å². The van der Waals surface area contributed by atoms with Crippen LogP contribution in [-0.2, 0) is 17.4 Å². The molecule has 1 amide bonds. The molecule has 3 aromatic rings. The van der Waals surface area contributed by atoms with Crippen LogP contribution >= 0.6 is 0 Å². The van der Waals surface area contributed by atoms with Crippen LogP contribution in [0.2, 0.25) is 0 Å². The monoisotopic (exact) mass is 367 g/mol. The van der Waals surface area contributed by atoms with Gasteiger partial charge in [0, 0.05) is 22.5 Å². The number of hydrogen-bond donors (Lipinski definition) is 2. The number of alkyl halides is 3. The third-order valence-corrected chi connectivity index (χ3v) is 4.51. The van der Waals surface area contributed by atoms with Gasteiger partial charge in [0.1, 0.15) is 0 Å². The molecule has 0 atom stereocenters. The Bertz CT molecular complexity index is 1150. The maximum absolute atomic E-state index is 13.1. The third-order valence-electron chi connectivity index (χ3n) is 4.51. The molecule has 0 unspecified atom stereocenters. The second-order valence-corrected chi connectivity index (χ2v) is 6.23. The molecule has 4 nitrogen and oxygen atoms in total. The van der Waals surface area contributed by atoms with Crippen molar-refractivity contribution in [3.05, 3.63) is 59.2 Å². The molecular formula is C20H12F3N3O. The smallest absolute Gasteiger partial charge is 0.354 e. The molecule has 1 aliphatic heterocycles. The molecule has 0 saturated heterocycles. The molecule has 2 heterocycles. The van der Waals surface area contributed by atoms with E-state index in [1.165, 1.54) is 12.1 Å². The van der Waals surface area contributed by atoms with Crippen molar-refractivity contribution in [1.82, 2.24) is 4.98 Å². The van der Waals surface area contributed by atoms with Crippen molar-refractivity contribution in [3.63, 3.8) is 0 Å². The van der Waals surface area contributed by atoms with Gasteiger partial charge in [0.05, 0.1) is 29.4 Å². The summed E-state index contributed by atoms with van der Waals surface area (Å²) in [4.78, 5) is 15.4. The Morgan fingerprint density at radius 3 is 2.70 bits per heavy atom. The first-order valence-electron chi connectivity index (χ1n) is 8.09. The Hall–Kier alpha value is -3.53. The minimum absolute atomic E-state index is 0.0330. The molecule has 0 radical (unpaired) electrons. The van der Waals surface area contributed by atoms with Crippen molar-refractivity contribution in [2.75, 3.05) is 5.32 Å². The lowest BCUT2D eigenvalue weighted by Crippen LogP contribution is -2.12. The van der Waals surface area contributed by atoms with Crippen LogP contribution in [-0.4, -0.2) is 10.9 Å². The summed E-state index contributed by atoms with van der Waals surface area (Å²) in [5, 5.41) is 11.9. The van der Waals surface area contributed by atoms with Crippen LogP contribution in [0.5, 0.6) is 0 Å². The van der Waals surface area contributed by atoms with E-state index in [0.717, 1.165) is 17.7 Å². The van der Waals surface area contributed by atoms with Crippen molar-refractivity contribution >= 4 is 28.6 Å². The zero-order valence-corrected chi connectivity index (χ0v) is 13.8. The third kappa shape index (κ3) is 2.95. The molecule has 0 bridgehead atoms. The summed E-state index contributed by atoms with van der Waals surface area (Å²) in [5.41, 5.74) is 2.88. The molecule has 134 valence electrons. The number of amides is 1. The topological polar surface area (TPSA) is 68.7 Å². The average Bonchev–Trinajstić information content (AvgIpc) is 2.90. The maximum Gasteiger partial charge on any atom is 0.416 e. The van der Waals surface area contributed by atoms with Crippen molar-refractivity contribution in [3.8, 4) is 17.3 Å².